The minimum absolute atomic E-state index is 0.263. The number of aromatic nitrogens is 3. The normalized spacial score (nSPS) is 12.4. The van der Waals surface area contributed by atoms with Crippen LogP contribution in [0.5, 0.6) is 5.75 Å². The van der Waals surface area contributed by atoms with Crippen LogP contribution in [0.1, 0.15) is 43.5 Å². The van der Waals surface area contributed by atoms with Gasteiger partial charge in [-0.3, -0.25) is 14.0 Å². The van der Waals surface area contributed by atoms with Gasteiger partial charge in [0.1, 0.15) is 28.9 Å². The number of hydrogen-bond acceptors (Lipinski definition) is 5. The lowest BCUT2D eigenvalue weighted by molar-refractivity contribution is -0.125. The molecule has 0 bridgehead atoms. The summed E-state index contributed by atoms with van der Waals surface area (Å²) in [7, 11) is 1.59. The van der Waals surface area contributed by atoms with Crippen LogP contribution >= 0.6 is 0 Å². The lowest BCUT2D eigenvalue weighted by atomic mass is 10.1. The zero-order valence-electron chi connectivity index (χ0n) is 18.1. The molecule has 3 aromatic heterocycles. The van der Waals surface area contributed by atoms with Crippen molar-refractivity contribution in [1.82, 2.24) is 19.5 Å². The molecule has 0 aliphatic carbocycles. The molecule has 0 fully saturated rings. The summed E-state index contributed by atoms with van der Waals surface area (Å²) >= 11 is 0. The average Bonchev–Trinajstić information content (AvgIpc) is 3.31. The summed E-state index contributed by atoms with van der Waals surface area (Å²) in [5.41, 5.74) is 2.45. The van der Waals surface area contributed by atoms with Crippen molar-refractivity contribution in [2.75, 3.05) is 7.11 Å². The molecule has 1 atom stereocenters. The molecule has 4 rings (SSSR count). The van der Waals surface area contributed by atoms with E-state index in [1.807, 2.05) is 55.5 Å². The standard InChI is InChI=1S/C23H26N4O4/c1-5-16(22(28)24-13-15-9-7-8-10-19(15)30-4)27-23(29)18-12-20-17(11-14(3)31-20)26(18)21(6-2)25-27/h7-12,16H,5-6,13H2,1-4H3,(H,24,28)/t16-/m0/s1. The first-order valence-corrected chi connectivity index (χ1v) is 10.4. The summed E-state index contributed by atoms with van der Waals surface area (Å²) in [5.74, 6) is 1.90. The Hall–Kier alpha value is -3.55. The molecule has 0 saturated heterocycles. The first-order chi connectivity index (χ1) is 15.0. The van der Waals surface area contributed by atoms with Crippen LogP contribution in [0.3, 0.4) is 0 Å². The number of rotatable bonds is 7. The Bertz CT molecular complexity index is 1310. The third-order valence-corrected chi connectivity index (χ3v) is 5.47. The SMILES string of the molecule is CCc1nn([C@@H](CC)C(=O)NCc2ccccc2OC)c(=O)c2cc3oc(C)cc3n12. The highest BCUT2D eigenvalue weighted by atomic mass is 16.5. The van der Waals surface area contributed by atoms with Crippen LogP contribution in [-0.4, -0.2) is 27.2 Å². The number of para-hydroxylation sites is 1. The number of amides is 1. The predicted octanol–water partition coefficient (Wildman–Crippen LogP) is 3.39. The van der Waals surface area contributed by atoms with E-state index >= 15 is 0 Å². The summed E-state index contributed by atoms with van der Waals surface area (Å²) in [6.07, 6.45) is 1.03. The minimum Gasteiger partial charge on any atom is -0.496 e. The molecule has 0 aliphatic heterocycles. The number of aryl methyl sites for hydroxylation is 2. The third-order valence-electron chi connectivity index (χ3n) is 5.47. The van der Waals surface area contributed by atoms with Gasteiger partial charge in [-0.2, -0.15) is 5.10 Å². The van der Waals surface area contributed by atoms with Gasteiger partial charge in [0.2, 0.25) is 5.91 Å². The number of nitrogens with zero attached hydrogens (tertiary/aromatic N) is 3. The fourth-order valence-electron chi connectivity index (χ4n) is 3.94. The second-order valence-corrected chi connectivity index (χ2v) is 7.44. The molecule has 8 nitrogen and oxygen atoms in total. The number of carbonyl (C=O) groups excluding carboxylic acids is 1. The van der Waals surface area contributed by atoms with E-state index < -0.39 is 6.04 Å². The van der Waals surface area contributed by atoms with E-state index in [9.17, 15) is 9.59 Å². The second-order valence-electron chi connectivity index (χ2n) is 7.44. The van der Waals surface area contributed by atoms with Crippen molar-refractivity contribution in [2.45, 2.75) is 46.2 Å². The zero-order valence-corrected chi connectivity index (χ0v) is 18.1. The molecule has 0 spiro atoms. The first-order valence-electron chi connectivity index (χ1n) is 10.4. The van der Waals surface area contributed by atoms with E-state index in [4.69, 9.17) is 9.15 Å². The van der Waals surface area contributed by atoms with Gasteiger partial charge in [-0.1, -0.05) is 32.0 Å². The summed E-state index contributed by atoms with van der Waals surface area (Å²) in [5, 5.41) is 7.49. The molecular formula is C23H26N4O4. The van der Waals surface area contributed by atoms with Crippen LogP contribution in [0.4, 0.5) is 0 Å². The van der Waals surface area contributed by atoms with E-state index in [1.54, 1.807) is 13.2 Å². The van der Waals surface area contributed by atoms with Gasteiger partial charge in [0, 0.05) is 30.7 Å². The second kappa shape index (κ2) is 8.29. The third kappa shape index (κ3) is 3.58. The molecule has 4 aromatic rings. The highest BCUT2D eigenvalue weighted by Gasteiger charge is 2.24. The summed E-state index contributed by atoms with van der Waals surface area (Å²) in [6, 6.07) is 10.4. The molecular weight excluding hydrogens is 396 g/mol. The molecule has 3 heterocycles. The van der Waals surface area contributed by atoms with E-state index in [-0.39, 0.29) is 11.5 Å². The lowest BCUT2D eigenvalue weighted by Gasteiger charge is -2.19. The van der Waals surface area contributed by atoms with Crippen molar-refractivity contribution in [1.29, 1.82) is 0 Å². The number of fused-ring (bicyclic) bond motifs is 3. The van der Waals surface area contributed by atoms with Crippen LogP contribution in [0.2, 0.25) is 0 Å². The van der Waals surface area contributed by atoms with Gasteiger partial charge in [0.05, 0.1) is 12.6 Å². The zero-order chi connectivity index (χ0) is 22.1. The molecule has 1 amide bonds. The number of furan rings is 1. The molecule has 8 heteroatoms. The van der Waals surface area contributed by atoms with Gasteiger partial charge < -0.3 is 14.5 Å². The minimum atomic E-state index is -0.722. The van der Waals surface area contributed by atoms with E-state index in [0.29, 0.717) is 42.1 Å². The molecule has 0 aliphatic rings. The Kier molecular flexibility index (Phi) is 5.54. The van der Waals surface area contributed by atoms with Crippen molar-refractivity contribution < 1.29 is 13.9 Å². The fraction of sp³-hybridized carbons (Fsp3) is 0.348. The molecule has 31 heavy (non-hydrogen) atoms. The number of hydrogen-bond donors (Lipinski definition) is 1. The van der Waals surface area contributed by atoms with Crippen molar-refractivity contribution in [3.05, 3.63) is 63.9 Å². The van der Waals surface area contributed by atoms with Crippen molar-refractivity contribution >= 4 is 22.5 Å². The van der Waals surface area contributed by atoms with Gasteiger partial charge >= 0.3 is 0 Å². The lowest BCUT2D eigenvalue weighted by Crippen LogP contribution is -2.39. The van der Waals surface area contributed by atoms with E-state index in [2.05, 4.69) is 10.4 Å². The largest absolute Gasteiger partial charge is 0.496 e. The van der Waals surface area contributed by atoms with Crippen molar-refractivity contribution in [3.63, 3.8) is 0 Å². The Morgan fingerprint density at radius 1 is 1.23 bits per heavy atom. The van der Waals surface area contributed by atoms with E-state index in [1.165, 1.54) is 4.68 Å². The van der Waals surface area contributed by atoms with Crippen LogP contribution < -0.4 is 15.6 Å². The van der Waals surface area contributed by atoms with E-state index in [0.717, 1.165) is 16.8 Å². The Balaban J connectivity index is 1.70. The Morgan fingerprint density at radius 3 is 2.71 bits per heavy atom. The molecule has 1 aromatic carbocycles. The van der Waals surface area contributed by atoms with Crippen LogP contribution in [0.15, 0.2) is 45.6 Å². The number of methoxy groups -OCH3 is 1. The number of benzene rings is 1. The van der Waals surface area contributed by atoms with Crippen molar-refractivity contribution in [3.8, 4) is 5.75 Å². The number of ether oxygens (including phenoxy) is 1. The predicted molar refractivity (Wildman–Crippen MR) is 118 cm³/mol. The highest BCUT2D eigenvalue weighted by Crippen LogP contribution is 2.24. The summed E-state index contributed by atoms with van der Waals surface area (Å²) < 4.78 is 14.2. The van der Waals surface area contributed by atoms with Gasteiger partial charge in [0.25, 0.3) is 5.56 Å². The Morgan fingerprint density at radius 2 is 2.00 bits per heavy atom. The fourth-order valence-corrected chi connectivity index (χ4v) is 3.94. The van der Waals surface area contributed by atoms with Crippen molar-refractivity contribution in [2.24, 2.45) is 0 Å². The topological polar surface area (TPSA) is 90.8 Å². The molecule has 0 radical (unpaired) electrons. The smallest absolute Gasteiger partial charge is 0.291 e. The first kappa shape index (κ1) is 20.7. The van der Waals surface area contributed by atoms with Crippen LogP contribution in [0.25, 0.3) is 16.6 Å². The Labute approximate surface area is 179 Å². The maximum absolute atomic E-state index is 13.3. The van der Waals surface area contributed by atoms with Gasteiger partial charge in [-0.15, -0.1) is 0 Å². The van der Waals surface area contributed by atoms with Gasteiger partial charge in [-0.25, -0.2) is 4.68 Å². The highest BCUT2D eigenvalue weighted by molar-refractivity contribution is 5.84. The average molecular weight is 422 g/mol. The van der Waals surface area contributed by atoms with Crippen LogP contribution in [0, 0.1) is 6.92 Å². The molecule has 1 N–H and O–H groups in total. The van der Waals surface area contributed by atoms with Gasteiger partial charge in [-0.05, 0) is 19.4 Å². The number of nitrogens with one attached hydrogen (secondary N) is 1. The quantitative estimate of drug-likeness (QED) is 0.493. The molecule has 162 valence electrons. The molecule has 0 unspecified atom stereocenters. The van der Waals surface area contributed by atoms with Gasteiger partial charge in [0.15, 0.2) is 5.58 Å². The summed E-state index contributed by atoms with van der Waals surface area (Å²) in [4.78, 5) is 26.3. The number of carbonyl (C=O) groups is 1. The maximum atomic E-state index is 13.3. The monoisotopic (exact) mass is 422 g/mol. The van der Waals surface area contributed by atoms with Crippen LogP contribution in [-0.2, 0) is 17.8 Å². The maximum Gasteiger partial charge on any atom is 0.291 e. The summed E-state index contributed by atoms with van der Waals surface area (Å²) in [6.45, 7) is 6.00. The molecule has 0 saturated carbocycles.